The Morgan fingerprint density at radius 2 is 1.94 bits per heavy atom. The van der Waals surface area contributed by atoms with E-state index in [0.717, 1.165) is 28.8 Å². The van der Waals surface area contributed by atoms with Gasteiger partial charge in [0.05, 0.1) is 30.9 Å². The van der Waals surface area contributed by atoms with Crippen LogP contribution >= 0.6 is 11.8 Å². The molecule has 3 aromatic rings. The van der Waals surface area contributed by atoms with Gasteiger partial charge in [-0.15, -0.1) is 11.8 Å². The zero-order valence-corrected chi connectivity index (χ0v) is 21.2. The zero-order chi connectivity index (χ0) is 24.9. The molecule has 9 heteroatoms. The number of amides is 2. The Kier molecular flexibility index (Phi) is 7.65. The van der Waals surface area contributed by atoms with Crippen LogP contribution < -0.4 is 19.7 Å². The molecule has 1 atom stereocenters. The van der Waals surface area contributed by atoms with Gasteiger partial charge in [-0.25, -0.2) is 0 Å². The number of rotatable bonds is 8. The molecular weight excluding hydrogens is 464 g/mol. The molecule has 0 aliphatic carbocycles. The highest BCUT2D eigenvalue weighted by molar-refractivity contribution is 8.00. The van der Waals surface area contributed by atoms with Crippen molar-refractivity contribution < 1.29 is 19.1 Å². The molecule has 1 aliphatic heterocycles. The lowest BCUT2D eigenvalue weighted by molar-refractivity contribution is -0.122. The molecule has 35 heavy (non-hydrogen) atoms. The monoisotopic (exact) mass is 494 g/mol. The average Bonchev–Trinajstić information content (AvgIpc) is 3.15. The van der Waals surface area contributed by atoms with E-state index in [-0.39, 0.29) is 29.4 Å². The lowest BCUT2D eigenvalue weighted by Gasteiger charge is -2.23. The molecule has 0 unspecified atom stereocenters. The van der Waals surface area contributed by atoms with E-state index in [2.05, 4.69) is 5.32 Å². The third-order valence-corrected chi connectivity index (χ3v) is 7.12. The van der Waals surface area contributed by atoms with Crippen molar-refractivity contribution in [1.29, 1.82) is 0 Å². The van der Waals surface area contributed by atoms with Crippen molar-refractivity contribution in [3.8, 4) is 22.8 Å². The summed E-state index contributed by atoms with van der Waals surface area (Å²) in [4.78, 5) is 27.6. The Labute approximate surface area is 209 Å². The number of aryl methyl sites for hydroxylation is 1. The van der Waals surface area contributed by atoms with Crippen LogP contribution in [0.2, 0.25) is 0 Å². The topological polar surface area (TPSA) is 85.7 Å². The van der Waals surface area contributed by atoms with Crippen molar-refractivity contribution in [3.63, 3.8) is 0 Å². The van der Waals surface area contributed by atoms with Crippen molar-refractivity contribution in [3.05, 3.63) is 59.7 Å². The highest BCUT2D eigenvalue weighted by Crippen LogP contribution is 2.50. The molecule has 0 saturated heterocycles. The number of ether oxygens (including phenoxy) is 2. The summed E-state index contributed by atoms with van der Waals surface area (Å²) in [5, 5.41) is 7.45. The van der Waals surface area contributed by atoms with Crippen molar-refractivity contribution in [2.24, 2.45) is 7.05 Å². The number of carbonyl (C=O) groups is 2. The molecule has 2 aromatic carbocycles. The fourth-order valence-corrected chi connectivity index (χ4v) is 5.47. The quantitative estimate of drug-likeness (QED) is 0.513. The largest absolute Gasteiger partial charge is 0.497 e. The van der Waals surface area contributed by atoms with Crippen LogP contribution in [0.4, 0.5) is 5.82 Å². The molecule has 0 saturated carbocycles. The number of thioether (sulfide) groups is 1. The van der Waals surface area contributed by atoms with Gasteiger partial charge in [-0.3, -0.25) is 19.2 Å². The van der Waals surface area contributed by atoms with Gasteiger partial charge in [0.2, 0.25) is 11.8 Å². The van der Waals surface area contributed by atoms with E-state index in [1.807, 2.05) is 62.5 Å². The van der Waals surface area contributed by atoms with E-state index < -0.39 is 0 Å². The summed E-state index contributed by atoms with van der Waals surface area (Å²) in [5.74, 6) is 1.86. The fraction of sp³-hybridized carbons (Fsp3) is 0.346. The predicted molar refractivity (Wildman–Crippen MR) is 138 cm³/mol. The van der Waals surface area contributed by atoms with Gasteiger partial charge in [0, 0.05) is 30.3 Å². The number of hydrogen-bond donors (Lipinski definition) is 1. The first-order valence-corrected chi connectivity index (χ1v) is 12.6. The minimum absolute atomic E-state index is 0.0673. The van der Waals surface area contributed by atoms with E-state index in [1.54, 1.807) is 23.8 Å². The van der Waals surface area contributed by atoms with Gasteiger partial charge in [0.25, 0.3) is 0 Å². The predicted octanol–water partition coefficient (Wildman–Crippen LogP) is 3.80. The first-order valence-electron chi connectivity index (χ1n) is 11.5. The first kappa shape index (κ1) is 24.7. The maximum Gasteiger partial charge on any atom is 0.240 e. The normalized spacial score (nSPS) is 15.4. The Bertz CT molecular complexity index is 1210. The molecule has 0 radical (unpaired) electrons. The first-order chi connectivity index (χ1) is 17.0. The van der Waals surface area contributed by atoms with E-state index in [9.17, 15) is 9.59 Å². The van der Waals surface area contributed by atoms with Crippen LogP contribution in [0.15, 0.2) is 48.5 Å². The third kappa shape index (κ3) is 5.00. The number of benzene rings is 2. The van der Waals surface area contributed by atoms with Gasteiger partial charge in [0.1, 0.15) is 23.9 Å². The molecule has 4 rings (SSSR count). The van der Waals surface area contributed by atoms with Gasteiger partial charge in [-0.05, 0) is 24.6 Å². The summed E-state index contributed by atoms with van der Waals surface area (Å²) >= 11 is 1.50. The number of nitrogens with one attached hydrogen (secondary N) is 1. The van der Waals surface area contributed by atoms with Crippen LogP contribution in [0.3, 0.4) is 0 Å². The van der Waals surface area contributed by atoms with E-state index in [0.29, 0.717) is 23.9 Å². The van der Waals surface area contributed by atoms with Gasteiger partial charge < -0.3 is 14.8 Å². The van der Waals surface area contributed by atoms with Crippen molar-refractivity contribution in [2.75, 3.05) is 38.0 Å². The van der Waals surface area contributed by atoms with Gasteiger partial charge in [-0.1, -0.05) is 37.3 Å². The standard InChI is InChI=1S/C26H30N4O4S/c1-5-13-27-21(31)15-30-22(32)16-35-25(19-14-18(33-3)11-12-20(19)34-4)23-24(28-29(2)26(23)30)17-9-7-6-8-10-17/h6-12,14,25H,5,13,15-16H2,1-4H3,(H,27,31)/t25-/m0/s1. The second-order valence-corrected chi connectivity index (χ2v) is 9.30. The number of aromatic nitrogens is 2. The van der Waals surface area contributed by atoms with Gasteiger partial charge >= 0.3 is 0 Å². The third-order valence-electron chi connectivity index (χ3n) is 5.89. The molecule has 0 spiro atoms. The Morgan fingerprint density at radius 1 is 1.17 bits per heavy atom. The Hall–Kier alpha value is -3.46. The molecule has 1 N–H and O–H groups in total. The molecule has 2 heterocycles. The maximum atomic E-state index is 13.4. The van der Waals surface area contributed by atoms with E-state index >= 15 is 0 Å². The number of methoxy groups -OCH3 is 2. The summed E-state index contributed by atoms with van der Waals surface area (Å²) in [7, 11) is 5.06. The molecule has 184 valence electrons. The lowest BCUT2D eigenvalue weighted by atomic mass is 9.98. The summed E-state index contributed by atoms with van der Waals surface area (Å²) in [6.45, 7) is 2.49. The highest BCUT2D eigenvalue weighted by Gasteiger charge is 2.37. The highest BCUT2D eigenvalue weighted by atomic mass is 32.2. The van der Waals surface area contributed by atoms with Crippen LogP contribution in [-0.2, 0) is 16.6 Å². The molecule has 0 bridgehead atoms. The Balaban J connectivity index is 1.92. The van der Waals surface area contributed by atoms with Crippen molar-refractivity contribution in [2.45, 2.75) is 18.6 Å². The fourth-order valence-electron chi connectivity index (χ4n) is 4.25. The SMILES string of the molecule is CCCNC(=O)CN1C(=O)CS[C@@H](c2cc(OC)ccc2OC)c2c(-c3ccccc3)nn(C)c21. The molecule has 8 nitrogen and oxygen atoms in total. The summed E-state index contributed by atoms with van der Waals surface area (Å²) in [6, 6.07) is 15.5. The summed E-state index contributed by atoms with van der Waals surface area (Å²) in [5.41, 5.74) is 3.44. The minimum Gasteiger partial charge on any atom is -0.497 e. The molecule has 1 aromatic heterocycles. The smallest absolute Gasteiger partial charge is 0.240 e. The van der Waals surface area contributed by atoms with Crippen LogP contribution in [-0.4, -0.2) is 54.7 Å². The van der Waals surface area contributed by atoms with Crippen LogP contribution in [0.5, 0.6) is 11.5 Å². The molecule has 2 amide bonds. The number of fused-ring (bicyclic) bond motifs is 1. The van der Waals surface area contributed by atoms with Crippen molar-refractivity contribution >= 4 is 29.4 Å². The van der Waals surface area contributed by atoms with Crippen LogP contribution in [0.1, 0.15) is 29.7 Å². The summed E-state index contributed by atoms with van der Waals surface area (Å²) < 4.78 is 12.9. The number of carbonyl (C=O) groups excluding carboxylic acids is 2. The maximum absolute atomic E-state index is 13.4. The van der Waals surface area contributed by atoms with Crippen LogP contribution in [0, 0.1) is 0 Å². The number of nitrogens with zero attached hydrogens (tertiary/aromatic N) is 3. The number of hydrogen-bond acceptors (Lipinski definition) is 6. The van der Waals surface area contributed by atoms with Crippen LogP contribution in [0.25, 0.3) is 11.3 Å². The van der Waals surface area contributed by atoms with Crippen molar-refractivity contribution in [1.82, 2.24) is 15.1 Å². The molecule has 0 fully saturated rings. The number of anilines is 1. The van der Waals surface area contributed by atoms with Gasteiger partial charge in [-0.2, -0.15) is 5.10 Å². The second kappa shape index (κ2) is 10.9. The molecular formula is C26H30N4O4S. The van der Waals surface area contributed by atoms with Gasteiger partial charge in [0.15, 0.2) is 0 Å². The molecule has 1 aliphatic rings. The second-order valence-electron chi connectivity index (χ2n) is 8.20. The lowest BCUT2D eigenvalue weighted by Crippen LogP contribution is -2.42. The van der Waals surface area contributed by atoms with E-state index in [1.165, 1.54) is 11.8 Å². The average molecular weight is 495 g/mol. The Morgan fingerprint density at radius 3 is 2.63 bits per heavy atom. The summed E-state index contributed by atoms with van der Waals surface area (Å²) in [6.07, 6.45) is 0.822. The van der Waals surface area contributed by atoms with E-state index in [4.69, 9.17) is 14.6 Å². The minimum atomic E-state index is -0.272. The zero-order valence-electron chi connectivity index (χ0n) is 20.4.